The smallest absolute Gasteiger partial charge is 0.0797 e. The summed E-state index contributed by atoms with van der Waals surface area (Å²) in [5.74, 6) is 0. The highest BCUT2D eigenvalue weighted by Crippen LogP contribution is 2.32. The third kappa shape index (κ3) is 1.32. The molecule has 13 heavy (non-hydrogen) atoms. The van der Waals surface area contributed by atoms with Crippen LogP contribution in [-0.2, 0) is 0 Å². The van der Waals surface area contributed by atoms with Crippen molar-refractivity contribution in [3.63, 3.8) is 0 Å². The number of hydrogen-bond acceptors (Lipinski definition) is 3. The van der Waals surface area contributed by atoms with E-state index in [0.29, 0.717) is 6.04 Å². The summed E-state index contributed by atoms with van der Waals surface area (Å²) in [5, 5.41) is 3.59. The Kier molecular flexibility index (Phi) is 1.73. The maximum absolute atomic E-state index is 4.13. The number of nitrogens with one attached hydrogen (secondary N) is 1. The molecule has 2 atom stereocenters. The fourth-order valence-electron chi connectivity index (χ4n) is 2.28. The number of hydrogen-bond donors (Lipinski definition) is 1. The van der Waals surface area contributed by atoms with Crippen molar-refractivity contribution in [2.75, 3.05) is 0 Å². The van der Waals surface area contributed by atoms with Crippen molar-refractivity contribution in [3.05, 3.63) is 22.7 Å². The number of rotatable bonds is 1. The van der Waals surface area contributed by atoms with Gasteiger partial charge in [-0.3, -0.25) is 4.98 Å². The molecule has 0 amide bonds. The van der Waals surface area contributed by atoms with E-state index < -0.39 is 0 Å². The quantitative estimate of drug-likeness (QED) is 0.736. The van der Waals surface area contributed by atoms with Crippen molar-refractivity contribution in [2.45, 2.75) is 31.3 Å². The van der Waals surface area contributed by atoms with Crippen LogP contribution < -0.4 is 5.32 Å². The zero-order valence-electron chi connectivity index (χ0n) is 7.36. The van der Waals surface area contributed by atoms with Crippen LogP contribution in [0.4, 0.5) is 0 Å². The summed E-state index contributed by atoms with van der Waals surface area (Å²) >= 11 is 1.75. The van der Waals surface area contributed by atoms with Gasteiger partial charge in [-0.05, 0) is 24.8 Å². The predicted molar refractivity (Wildman–Crippen MR) is 54.7 cm³/mol. The first-order valence-electron chi connectivity index (χ1n) is 4.77. The highest BCUT2D eigenvalue weighted by atomic mass is 32.1. The van der Waals surface area contributed by atoms with Gasteiger partial charge in [-0.25, -0.2) is 0 Å². The second kappa shape index (κ2) is 2.93. The number of nitrogens with zero attached hydrogens (tertiary/aromatic N) is 1. The van der Waals surface area contributed by atoms with Gasteiger partial charge in [-0.15, -0.1) is 11.3 Å². The summed E-state index contributed by atoms with van der Waals surface area (Å²) in [6, 6.07) is 1.36. The molecule has 2 unspecified atom stereocenters. The third-order valence-corrected chi connectivity index (χ3v) is 3.74. The van der Waals surface area contributed by atoms with Crippen LogP contribution in [0.5, 0.6) is 0 Å². The Morgan fingerprint density at radius 2 is 2.46 bits per heavy atom. The Morgan fingerprint density at radius 3 is 3.23 bits per heavy atom. The van der Waals surface area contributed by atoms with Crippen molar-refractivity contribution in [3.8, 4) is 0 Å². The molecule has 1 saturated heterocycles. The summed E-state index contributed by atoms with van der Waals surface area (Å²) in [4.78, 5) is 5.48. The first-order chi connectivity index (χ1) is 6.42. The van der Waals surface area contributed by atoms with Gasteiger partial charge in [0.05, 0.1) is 5.51 Å². The molecule has 0 aliphatic carbocycles. The van der Waals surface area contributed by atoms with E-state index in [0.717, 1.165) is 6.04 Å². The van der Waals surface area contributed by atoms with Gasteiger partial charge in [0, 0.05) is 23.2 Å². The van der Waals surface area contributed by atoms with Gasteiger partial charge in [0.25, 0.3) is 0 Å². The summed E-state index contributed by atoms with van der Waals surface area (Å²) < 4.78 is 0. The fourth-order valence-corrected chi connectivity index (χ4v) is 2.94. The standard InChI is InChI=1S/C10H12N2S/c1-2-9-4-7(3-8(1)12-9)10-5-11-6-13-10/h3,5-6,8-9,12H,1-2,4H2. The Hall–Kier alpha value is -0.670. The molecule has 1 aromatic rings. The molecule has 0 saturated carbocycles. The molecule has 0 radical (unpaired) electrons. The van der Waals surface area contributed by atoms with Crippen molar-refractivity contribution >= 4 is 16.9 Å². The lowest BCUT2D eigenvalue weighted by Crippen LogP contribution is -2.31. The molecule has 2 nitrogen and oxygen atoms in total. The third-order valence-electron chi connectivity index (χ3n) is 2.89. The first kappa shape index (κ1) is 7.71. The van der Waals surface area contributed by atoms with E-state index in [2.05, 4.69) is 16.4 Å². The van der Waals surface area contributed by atoms with E-state index in [-0.39, 0.29) is 0 Å². The lowest BCUT2D eigenvalue weighted by atomic mass is 10.0. The second-order valence-electron chi connectivity index (χ2n) is 3.81. The average Bonchev–Trinajstić information content (AvgIpc) is 2.75. The van der Waals surface area contributed by atoms with Crippen molar-refractivity contribution in [1.82, 2.24) is 10.3 Å². The molecule has 68 valence electrons. The summed E-state index contributed by atoms with van der Waals surface area (Å²) in [6.07, 6.45) is 8.22. The number of thiazole rings is 1. The number of fused-ring (bicyclic) bond motifs is 2. The first-order valence-corrected chi connectivity index (χ1v) is 5.65. The molecule has 1 N–H and O–H groups in total. The van der Waals surface area contributed by atoms with Crippen LogP contribution in [0.25, 0.3) is 5.57 Å². The van der Waals surface area contributed by atoms with E-state index in [1.165, 1.54) is 29.7 Å². The molecular weight excluding hydrogens is 180 g/mol. The maximum Gasteiger partial charge on any atom is 0.0797 e. The fraction of sp³-hybridized carbons (Fsp3) is 0.500. The van der Waals surface area contributed by atoms with Gasteiger partial charge in [0.2, 0.25) is 0 Å². The Morgan fingerprint density at radius 1 is 1.46 bits per heavy atom. The molecular formula is C10H12N2S. The Bertz CT molecular complexity index is 329. The topological polar surface area (TPSA) is 24.9 Å². The molecule has 2 aliphatic heterocycles. The van der Waals surface area contributed by atoms with Crippen LogP contribution in [0.3, 0.4) is 0 Å². The largest absolute Gasteiger partial charge is 0.307 e. The van der Waals surface area contributed by atoms with Crippen LogP contribution in [0, 0.1) is 0 Å². The van der Waals surface area contributed by atoms with E-state index in [1.807, 2.05) is 11.7 Å². The molecule has 3 rings (SSSR count). The molecule has 1 aromatic heterocycles. The second-order valence-corrected chi connectivity index (χ2v) is 4.70. The minimum atomic E-state index is 0.635. The zero-order chi connectivity index (χ0) is 8.67. The number of aromatic nitrogens is 1. The lowest BCUT2D eigenvalue weighted by molar-refractivity contribution is 0.575. The van der Waals surface area contributed by atoms with E-state index in [1.54, 1.807) is 11.3 Å². The molecule has 2 aliphatic rings. The molecule has 0 spiro atoms. The molecule has 3 heteroatoms. The molecule has 3 heterocycles. The molecule has 2 bridgehead atoms. The van der Waals surface area contributed by atoms with E-state index in [4.69, 9.17) is 0 Å². The zero-order valence-corrected chi connectivity index (χ0v) is 8.18. The predicted octanol–water partition coefficient (Wildman–Crippen LogP) is 2.05. The van der Waals surface area contributed by atoms with Crippen molar-refractivity contribution in [1.29, 1.82) is 0 Å². The Balaban J connectivity index is 1.93. The van der Waals surface area contributed by atoms with Gasteiger partial charge in [0.15, 0.2) is 0 Å². The van der Waals surface area contributed by atoms with Gasteiger partial charge in [-0.1, -0.05) is 6.08 Å². The summed E-state index contributed by atoms with van der Waals surface area (Å²) in [7, 11) is 0. The van der Waals surface area contributed by atoms with Crippen molar-refractivity contribution < 1.29 is 0 Å². The lowest BCUT2D eigenvalue weighted by Gasteiger charge is -2.20. The summed E-state index contributed by atoms with van der Waals surface area (Å²) in [5.41, 5.74) is 3.42. The molecule has 1 fully saturated rings. The van der Waals surface area contributed by atoms with Crippen molar-refractivity contribution in [2.24, 2.45) is 0 Å². The van der Waals surface area contributed by atoms with Crippen LogP contribution >= 0.6 is 11.3 Å². The van der Waals surface area contributed by atoms with Gasteiger partial charge in [0.1, 0.15) is 0 Å². The van der Waals surface area contributed by atoms with Crippen LogP contribution in [-0.4, -0.2) is 17.1 Å². The van der Waals surface area contributed by atoms with E-state index in [9.17, 15) is 0 Å². The van der Waals surface area contributed by atoms with Crippen LogP contribution in [0.15, 0.2) is 17.8 Å². The normalized spacial score (nSPS) is 31.8. The molecule has 0 aromatic carbocycles. The van der Waals surface area contributed by atoms with Crippen LogP contribution in [0.2, 0.25) is 0 Å². The van der Waals surface area contributed by atoms with Gasteiger partial charge in [-0.2, -0.15) is 0 Å². The summed E-state index contributed by atoms with van der Waals surface area (Å²) in [6.45, 7) is 0. The van der Waals surface area contributed by atoms with Gasteiger partial charge < -0.3 is 5.32 Å². The minimum Gasteiger partial charge on any atom is -0.307 e. The highest BCUT2D eigenvalue weighted by Gasteiger charge is 2.28. The average molecular weight is 192 g/mol. The minimum absolute atomic E-state index is 0.635. The SMILES string of the molecule is C1=C(c2cncs2)CC2CCC1N2. The monoisotopic (exact) mass is 192 g/mol. The van der Waals surface area contributed by atoms with Crippen LogP contribution in [0.1, 0.15) is 24.1 Å². The van der Waals surface area contributed by atoms with E-state index >= 15 is 0 Å². The van der Waals surface area contributed by atoms with Gasteiger partial charge >= 0.3 is 0 Å². The highest BCUT2D eigenvalue weighted by molar-refractivity contribution is 7.10. The Labute approximate surface area is 81.7 Å². The maximum atomic E-state index is 4.13.